The summed E-state index contributed by atoms with van der Waals surface area (Å²) in [4.78, 5) is 14.1. The first kappa shape index (κ1) is 9.64. The van der Waals surface area contributed by atoms with Crippen LogP contribution < -0.4 is 0 Å². The summed E-state index contributed by atoms with van der Waals surface area (Å²) in [5.74, 6) is 0. The predicted octanol–water partition coefficient (Wildman–Crippen LogP) is 1.71. The monoisotopic (exact) mass is 208 g/mol. The fraction of sp³-hybridized carbons (Fsp3) is 0.200. The highest BCUT2D eigenvalue weighted by Crippen LogP contribution is 2.22. The highest BCUT2D eigenvalue weighted by molar-refractivity contribution is 5.76. The van der Waals surface area contributed by atoms with E-state index in [0.717, 1.165) is 11.0 Å². The molecular weight excluding hydrogens is 199 g/mol. The first-order valence-electron chi connectivity index (χ1n) is 4.36. The van der Waals surface area contributed by atoms with Gasteiger partial charge in [0.1, 0.15) is 0 Å². The molecule has 1 aromatic heterocycles. The Bertz CT molecular complexity index is 495. The first-order chi connectivity index (χ1) is 7.22. The van der Waals surface area contributed by atoms with Crippen molar-refractivity contribution in [1.82, 2.24) is 9.55 Å². The van der Waals surface area contributed by atoms with Gasteiger partial charge >= 0.3 is 0 Å². The number of hydrogen-bond donors (Lipinski definition) is 0. The number of alkyl halides is 1. The maximum atomic E-state index is 13.2. The Morgan fingerprint density at radius 3 is 3.13 bits per heavy atom. The van der Waals surface area contributed by atoms with Crippen LogP contribution in [0.25, 0.3) is 11.0 Å². The van der Waals surface area contributed by atoms with Gasteiger partial charge in [-0.05, 0) is 12.1 Å². The molecular formula is C10H9FN2O2. The molecule has 0 saturated carbocycles. The molecule has 0 aliphatic rings. The van der Waals surface area contributed by atoms with E-state index in [-0.39, 0.29) is 6.47 Å². The highest BCUT2D eigenvalue weighted by atomic mass is 19.1. The second kappa shape index (κ2) is 3.68. The average Bonchev–Trinajstić information content (AvgIpc) is 2.60. The number of nitrogens with zero attached hydrogens (tertiary/aromatic N) is 2. The maximum Gasteiger partial charge on any atom is 0.295 e. The number of carbonyl (C=O) groups excluding carboxylic acids is 1. The van der Waals surface area contributed by atoms with Crippen LogP contribution >= 0.6 is 0 Å². The van der Waals surface area contributed by atoms with Crippen molar-refractivity contribution in [2.45, 2.75) is 6.36 Å². The fourth-order valence-corrected chi connectivity index (χ4v) is 1.41. The molecule has 1 unspecified atom stereocenters. The molecule has 0 amide bonds. The third-order valence-corrected chi connectivity index (χ3v) is 2.19. The summed E-state index contributed by atoms with van der Waals surface area (Å²) < 4.78 is 19.2. The van der Waals surface area contributed by atoms with Gasteiger partial charge in [0.25, 0.3) is 12.8 Å². The SMILES string of the molecule is Cn1cnc2ccc(C(F)OC=O)cc21. The molecule has 0 aliphatic carbocycles. The molecule has 0 spiro atoms. The van der Waals surface area contributed by atoms with Gasteiger partial charge in [0, 0.05) is 12.6 Å². The van der Waals surface area contributed by atoms with E-state index in [2.05, 4.69) is 9.72 Å². The van der Waals surface area contributed by atoms with Crippen molar-refractivity contribution < 1.29 is 13.9 Å². The van der Waals surface area contributed by atoms with Crippen LogP contribution in [0.5, 0.6) is 0 Å². The Balaban J connectivity index is 2.45. The fourth-order valence-electron chi connectivity index (χ4n) is 1.41. The second-order valence-electron chi connectivity index (χ2n) is 3.15. The molecule has 5 heteroatoms. The largest absolute Gasteiger partial charge is 0.429 e. The number of imidazole rings is 1. The molecule has 0 bridgehead atoms. The van der Waals surface area contributed by atoms with Crippen LogP contribution in [0.15, 0.2) is 24.5 Å². The van der Waals surface area contributed by atoms with Gasteiger partial charge in [0.2, 0.25) is 0 Å². The molecule has 1 aromatic carbocycles. The Morgan fingerprint density at radius 2 is 2.40 bits per heavy atom. The Labute approximate surface area is 85.3 Å². The Morgan fingerprint density at radius 1 is 1.60 bits per heavy atom. The van der Waals surface area contributed by atoms with Gasteiger partial charge in [-0.2, -0.15) is 4.39 Å². The smallest absolute Gasteiger partial charge is 0.295 e. The van der Waals surface area contributed by atoms with Crippen molar-refractivity contribution in [3.8, 4) is 0 Å². The summed E-state index contributed by atoms with van der Waals surface area (Å²) in [5.41, 5.74) is 1.88. The van der Waals surface area contributed by atoms with Crippen molar-refractivity contribution in [2.24, 2.45) is 7.05 Å². The van der Waals surface area contributed by atoms with E-state index >= 15 is 0 Å². The maximum absolute atomic E-state index is 13.2. The molecule has 0 fully saturated rings. The van der Waals surface area contributed by atoms with E-state index in [1.54, 1.807) is 29.1 Å². The molecule has 4 nitrogen and oxygen atoms in total. The van der Waals surface area contributed by atoms with Crippen LogP contribution in [-0.4, -0.2) is 16.0 Å². The zero-order valence-corrected chi connectivity index (χ0v) is 8.05. The van der Waals surface area contributed by atoms with Crippen molar-refractivity contribution in [1.29, 1.82) is 0 Å². The van der Waals surface area contributed by atoms with Gasteiger partial charge in [-0.15, -0.1) is 0 Å². The molecule has 0 radical (unpaired) electrons. The number of halogens is 1. The lowest BCUT2D eigenvalue weighted by molar-refractivity contribution is -0.142. The zero-order valence-electron chi connectivity index (χ0n) is 8.05. The Kier molecular flexibility index (Phi) is 2.37. The molecule has 15 heavy (non-hydrogen) atoms. The first-order valence-corrected chi connectivity index (χ1v) is 4.36. The van der Waals surface area contributed by atoms with Crippen molar-refractivity contribution in [3.05, 3.63) is 30.1 Å². The van der Waals surface area contributed by atoms with Gasteiger partial charge in [0.15, 0.2) is 0 Å². The van der Waals surface area contributed by atoms with Crippen LogP contribution in [0.1, 0.15) is 11.9 Å². The minimum Gasteiger partial charge on any atom is -0.429 e. The molecule has 2 aromatic rings. The van der Waals surface area contributed by atoms with Gasteiger partial charge in [-0.1, -0.05) is 6.07 Å². The summed E-state index contributed by atoms with van der Waals surface area (Å²) in [6.07, 6.45) is -0.0794. The molecule has 1 atom stereocenters. The normalized spacial score (nSPS) is 12.7. The summed E-state index contributed by atoms with van der Waals surface area (Å²) in [5, 5.41) is 0. The highest BCUT2D eigenvalue weighted by Gasteiger charge is 2.11. The predicted molar refractivity (Wildman–Crippen MR) is 51.7 cm³/mol. The van der Waals surface area contributed by atoms with Gasteiger partial charge in [-0.25, -0.2) is 4.98 Å². The third kappa shape index (κ3) is 1.68. The second-order valence-corrected chi connectivity index (χ2v) is 3.15. The standard InChI is InChI=1S/C10H9FN2O2/c1-13-5-12-8-3-2-7(4-9(8)13)10(11)15-6-14/h2-6,10H,1H3. The van der Waals surface area contributed by atoms with Crippen molar-refractivity contribution >= 4 is 17.5 Å². The van der Waals surface area contributed by atoms with Crippen LogP contribution in [-0.2, 0) is 16.6 Å². The molecule has 0 aliphatic heterocycles. The Hall–Kier alpha value is -1.91. The minimum absolute atomic E-state index is 0.0953. The van der Waals surface area contributed by atoms with Crippen LogP contribution in [0, 0.1) is 0 Å². The lowest BCUT2D eigenvalue weighted by Gasteiger charge is -2.06. The summed E-state index contributed by atoms with van der Waals surface area (Å²) in [6, 6.07) is 4.84. The van der Waals surface area contributed by atoms with Crippen molar-refractivity contribution in [3.63, 3.8) is 0 Å². The number of aromatic nitrogens is 2. The molecule has 2 rings (SSSR count). The summed E-state index contributed by atoms with van der Waals surface area (Å²) in [6.45, 7) is 0.0953. The van der Waals surface area contributed by atoms with E-state index in [1.807, 2.05) is 7.05 Å². The number of aryl methyl sites for hydroxylation is 1. The van der Waals surface area contributed by atoms with Crippen LogP contribution in [0.3, 0.4) is 0 Å². The number of ether oxygens (including phenoxy) is 1. The number of hydrogen-bond acceptors (Lipinski definition) is 3. The molecule has 0 N–H and O–H groups in total. The molecule has 0 saturated heterocycles. The van der Waals surface area contributed by atoms with Gasteiger partial charge in [-0.3, -0.25) is 4.79 Å². The van der Waals surface area contributed by atoms with Gasteiger partial charge in [0.05, 0.1) is 17.4 Å². The number of benzene rings is 1. The zero-order chi connectivity index (χ0) is 10.8. The minimum atomic E-state index is -1.72. The third-order valence-electron chi connectivity index (χ3n) is 2.19. The van der Waals surface area contributed by atoms with E-state index in [9.17, 15) is 9.18 Å². The number of fused-ring (bicyclic) bond motifs is 1. The topological polar surface area (TPSA) is 44.1 Å². The number of carbonyl (C=O) groups is 1. The molecule has 78 valence electrons. The van der Waals surface area contributed by atoms with Gasteiger partial charge < -0.3 is 9.30 Å². The quantitative estimate of drug-likeness (QED) is 0.721. The van der Waals surface area contributed by atoms with Crippen LogP contribution in [0.4, 0.5) is 4.39 Å². The number of rotatable bonds is 3. The van der Waals surface area contributed by atoms with Crippen molar-refractivity contribution in [2.75, 3.05) is 0 Å². The van der Waals surface area contributed by atoms with E-state index in [1.165, 1.54) is 0 Å². The van der Waals surface area contributed by atoms with E-state index < -0.39 is 6.36 Å². The van der Waals surface area contributed by atoms with E-state index in [0.29, 0.717) is 5.56 Å². The average molecular weight is 208 g/mol. The summed E-state index contributed by atoms with van der Waals surface area (Å²) in [7, 11) is 1.81. The van der Waals surface area contributed by atoms with E-state index in [4.69, 9.17) is 0 Å². The van der Waals surface area contributed by atoms with Crippen LogP contribution in [0.2, 0.25) is 0 Å². The summed E-state index contributed by atoms with van der Waals surface area (Å²) >= 11 is 0. The molecule has 1 heterocycles. The lowest BCUT2D eigenvalue weighted by atomic mass is 10.2. The lowest BCUT2D eigenvalue weighted by Crippen LogP contribution is -1.96.